The standard InChI is InChI=1S/C13H24BrNO/c1-5-10(6-2)15(8-7-14)12(16)11-9-13(11,3)4/h10-11H,5-9H2,1-4H3. The van der Waals surface area contributed by atoms with E-state index in [1.54, 1.807) is 0 Å². The van der Waals surface area contributed by atoms with Gasteiger partial charge in [0.05, 0.1) is 0 Å². The molecule has 0 saturated heterocycles. The normalized spacial score (nSPS) is 22.2. The smallest absolute Gasteiger partial charge is 0.226 e. The monoisotopic (exact) mass is 289 g/mol. The zero-order valence-electron chi connectivity index (χ0n) is 10.9. The first-order valence-electron chi connectivity index (χ1n) is 6.34. The van der Waals surface area contributed by atoms with E-state index in [1.807, 2.05) is 0 Å². The lowest BCUT2D eigenvalue weighted by molar-refractivity contribution is -0.135. The van der Waals surface area contributed by atoms with Crippen LogP contribution in [0.4, 0.5) is 0 Å². The highest BCUT2D eigenvalue weighted by molar-refractivity contribution is 9.09. The first kappa shape index (κ1) is 14.0. The molecule has 1 aliphatic carbocycles. The van der Waals surface area contributed by atoms with Crippen LogP contribution >= 0.6 is 15.9 Å². The van der Waals surface area contributed by atoms with Gasteiger partial charge in [0.15, 0.2) is 0 Å². The van der Waals surface area contributed by atoms with Crippen LogP contribution in [0.15, 0.2) is 0 Å². The first-order chi connectivity index (χ1) is 7.47. The van der Waals surface area contributed by atoms with Crippen molar-refractivity contribution in [2.75, 3.05) is 11.9 Å². The van der Waals surface area contributed by atoms with Crippen LogP contribution < -0.4 is 0 Å². The number of carbonyl (C=O) groups is 1. The quantitative estimate of drug-likeness (QED) is 0.686. The van der Waals surface area contributed by atoms with Crippen LogP contribution in [0.25, 0.3) is 0 Å². The van der Waals surface area contributed by atoms with Crippen LogP contribution in [0.2, 0.25) is 0 Å². The van der Waals surface area contributed by atoms with Crippen molar-refractivity contribution in [1.29, 1.82) is 0 Å². The van der Waals surface area contributed by atoms with Gasteiger partial charge in [0.2, 0.25) is 5.91 Å². The molecule has 1 fully saturated rings. The number of alkyl halides is 1. The molecule has 0 aliphatic heterocycles. The molecule has 0 spiro atoms. The maximum Gasteiger partial charge on any atom is 0.226 e. The summed E-state index contributed by atoms with van der Waals surface area (Å²) in [5, 5.41) is 0.877. The summed E-state index contributed by atoms with van der Waals surface area (Å²) in [5.74, 6) is 0.644. The Hall–Kier alpha value is -0.0500. The number of amides is 1. The summed E-state index contributed by atoms with van der Waals surface area (Å²) in [4.78, 5) is 14.5. The Morgan fingerprint density at radius 3 is 2.25 bits per heavy atom. The summed E-state index contributed by atoms with van der Waals surface area (Å²) in [5.41, 5.74) is 0.244. The zero-order chi connectivity index (χ0) is 12.3. The van der Waals surface area contributed by atoms with Crippen molar-refractivity contribution in [3.63, 3.8) is 0 Å². The van der Waals surface area contributed by atoms with Crippen LogP contribution in [0.5, 0.6) is 0 Å². The Kier molecular flexibility index (Phi) is 4.84. The Morgan fingerprint density at radius 2 is 1.94 bits per heavy atom. The predicted octanol–water partition coefficient (Wildman–Crippen LogP) is 3.44. The third kappa shape index (κ3) is 2.99. The molecule has 1 aliphatic rings. The summed E-state index contributed by atoms with van der Waals surface area (Å²) in [6, 6.07) is 0.418. The average Bonchev–Trinajstić information content (AvgIpc) is 2.87. The van der Waals surface area contributed by atoms with E-state index in [-0.39, 0.29) is 11.3 Å². The Morgan fingerprint density at radius 1 is 1.44 bits per heavy atom. The molecule has 3 heteroatoms. The van der Waals surface area contributed by atoms with Crippen LogP contribution in [0, 0.1) is 11.3 Å². The Labute approximate surface area is 108 Å². The summed E-state index contributed by atoms with van der Waals surface area (Å²) in [6.07, 6.45) is 3.18. The largest absolute Gasteiger partial charge is 0.339 e. The predicted molar refractivity (Wildman–Crippen MR) is 71.8 cm³/mol. The number of hydrogen-bond acceptors (Lipinski definition) is 1. The van der Waals surface area contributed by atoms with Gasteiger partial charge in [0.25, 0.3) is 0 Å². The fourth-order valence-electron chi connectivity index (χ4n) is 2.38. The fraction of sp³-hybridized carbons (Fsp3) is 0.923. The van der Waals surface area contributed by atoms with Crippen molar-refractivity contribution in [3.8, 4) is 0 Å². The lowest BCUT2D eigenvalue weighted by Gasteiger charge is -2.30. The van der Waals surface area contributed by atoms with Gasteiger partial charge in [-0.25, -0.2) is 0 Å². The molecule has 0 radical (unpaired) electrons. The van der Waals surface area contributed by atoms with E-state index in [2.05, 4.69) is 48.5 Å². The molecule has 0 aromatic rings. The highest BCUT2D eigenvalue weighted by Gasteiger charge is 2.52. The van der Waals surface area contributed by atoms with Gasteiger partial charge in [-0.15, -0.1) is 0 Å². The molecule has 1 atom stereocenters. The van der Waals surface area contributed by atoms with Gasteiger partial charge >= 0.3 is 0 Å². The third-order valence-corrected chi connectivity index (χ3v) is 4.16. The van der Waals surface area contributed by atoms with Crippen molar-refractivity contribution >= 4 is 21.8 Å². The maximum atomic E-state index is 12.4. The number of rotatable bonds is 6. The third-order valence-electron chi connectivity index (χ3n) is 3.80. The van der Waals surface area contributed by atoms with E-state index in [4.69, 9.17) is 0 Å². The lowest BCUT2D eigenvalue weighted by atomic mass is 10.1. The zero-order valence-corrected chi connectivity index (χ0v) is 12.5. The molecule has 2 nitrogen and oxygen atoms in total. The topological polar surface area (TPSA) is 20.3 Å². The van der Waals surface area contributed by atoms with Gasteiger partial charge in [0, 0.05) is 23.8 Å². The summed E-state index contributed by atoms with van der Waals surface area (Å²) in [6.45, 7) is 9.56. The average molecular weight is 290 g/mol. The molecule has 1 amide bonds. The lowest BCUT2D eigenvalue weighted by Crippen LogP contribution is -2.42. The van der Waals surface area contributed by atoms with Crippen LogP contribution in [0.3, 0.4) is 0 Å². The number of carbonyl (C=O) groups excluding carboxylic acids is 1. The molecule has 1 saturated carbocycles. The SMILES string of the molecule is CCC(CC)N(CCBr)C(=O)C1CC1(C)C. The fourth-order valence-corrected chi connectivity index (χ4v) is 2.76. The molecule has 1 rings (SSSR count). The van der Waals surface area contributed by atoms with E-state index < -0.39 is 0 Å². The molecule has 1 unspecified atom stereocenters. The minimum atomic E-state index is 0.244. The second-order valence-corrected chi connectivity index (χ2v) is 6.23. The molecule has 16 heavy (non-hydrogen) atoms. The summed E-state index contributed by atoms with van der Waals surface area (Å²) >= 11 is 3.45. The molecule has 0 bridgehead atoms. The second kappa shape index (κ2) is 5.52. The van der Waals surface area contributed by atoms with E-state index in [0.29, 0.717) is 11.9 Å². The molecular formula is C13H24BrNO. The molecule has 0 aromatic heterocycles. The highest BCUT2D eigenvalue weighted by atomic mass is 79.9. The molecule has 0 N–H and O–H groups in total. The summed E-state index contributed by atoms with van der Waals surface area (Å²) < 4.78 is 0. The van der Waals surface area contributed by atoms with Crippen molar-refractivity contribution < 1.29 is 4.79 Å². The molecular weight excluding hydrogens is 266 g/mol. The van der Waals surface area contributed by atoms with E-state index in [1.165, 1.54) is 0 Å². The van der Waals surface area contributed by atoms with Gasteiger partial charge in [-0.05, 0) is 24.7 Å². The second-order valence-electron chi connectivity index (χ2n) is 5.44. The van der Waals surface area contributed by atoms with Crippen molar-refractivity contribution in [2.45, 2.75) is 53.0 Å². The highest BCUT2D eigenvalue weighted by Crippen LogP contribution is 2.52. The summed E-state index contributed by atoms with van der Waals surface area (Å²) in [7, 11) is 0. The molecule has 0 heterocycles. The molecule has 94 valence electrons. The van der Waals surface area contributed by atoms with E-state index in [9.17, 15) is 4.79 Å². The molecule has 0 aromatic carbocycles. The van der Waals surface area contributed by atoms with Crippen molar-refractivity contribution in [2.24, 2.45) is 11.3 Å². The van der Waals surface area contributed by atoms with Crippen LogP contribution in [0.1, 0.15) is 47.0 Å². The van der Waals surface area contributed by atoms with Crippen LogP contribution in [-0.4, -0.2) is 28.7 Å². The number of hydrogen-bond donors (Lipinski definition) is 0. The van der Waals surface area contributed by atoms with Crippen molar-refractivity contribution in [1.82, 2.24) is 4.90 Å². The van der Waals surface area contributed by atoms with Gasteiger partial charge in [0.1, 0.15) is 0 Å². The minimum Gasteiger partial charge on any atom is -0.339 e. The Bertz CT molecular complexity index is 248. The Balaban J connectivity index is 2.66. The van der Waals surface area contributed by atoms with Gasteiger partial charge in [-0.1, -0.05) is 43.6 Å². The van der Waals surface area contributed by atoms with Gasteiger partial charge in [-0.2, -0.15) is 0 Å². The minimum absolute atomic E-state index is 0.244. The number of nitrogens with zero attached hydrogens (tertiary/aromatic N) is 1. The van der Waals surface area contributed by atoms with Crippen LogP contribution in [-0.2, 0) is 4.79 Å². The number of halogens is 1. The maximum absolute atomic E-state index is 12.4. The van der Waals surface area contributed by atoms with E-state index in [0.717, 1.165) is 31.1 Å². The van der Waals surface area contributed by atoms with E-state index >= 15 is 0 Å². The van der Waals surface area contributed by atoms with Crippen molar-refractivity contribution in [3.05, 3.63) is 0 Å². The van der Waals surface area contributed by atoms with Gasteiger partial charge in [-0.3, -0.25) is 4.79 Å². The first-order valence-corrected chi connectivity index (χ1v) is 7.46. The van der Waals surface area contributed by atoms with Gasteiger partial charge < -0.3 is 4.90 Å².